The lowest BCUT2D eigenvalue weighted by Crippen LogP contribution is -2.46. The maximum Gasteiger partial charge on any atom is 0.338 e. The van der Waals surface area contributed by atoms with Gasteiger partial charge in [-0.05, 0) is 43.4 Å². The Bertz CT molecular complexity index is 805. The van der Waals surface area contributed by atoms with E-state index in [1.165, 1.54) is 12.1 Å². The van der Waals surface area contributed by atoms with Crippen molar-refractivity contribution in [3.63, 3.8) is 0 Å². The Morgan fingerprint density at radius 1 is 1.32 bits per heavy atom. The fraction of sp³-hybridized carbons (Fsp3) is 0.471. The van der Waals surface area contributed by atoms with Gasteiger partial charge in [-0.2, -0.15) is 5.26 Å². The van der Waals surface area contributed by atoms with E-state index in [0.29, 0.717) is 18.4 Å². The van der Waals surface area contributed by atoms with Crippen molar-refractivity contribution in [1.29, 1.82) is 5.26 Å². The van der Waals surface area contributed by atoms with Gasteiger partial charge in [0, 0.05) is 6.26 Å². The van der Waals surface area contributed by atoms with Crippen molar-refractivity contribution in [2.75, 3.05) is 12.9 Å². The van der Waals surface area contributed by atoms with E-state index in [-0.39, 0.29) is 11.3 Å². The number of nitriles is 1. The quantitative estimate of drug-likeness (QED) is 0.762. The summed E-state index contributed by atoms with van der Waals surface area (Å²) >= 11 is 0. The second-order valence-electron chi connectivity index (χ2n) is 6.30. The molecule has 1 aromatic rings. The second-order valence-corrected chi connectivity index (χ2v) is 8.44. The van der Waals surface area contributed by atoms with Crippen LogP contribution in [0.5, 0.6) is 0 Å². The number of hydrogen-bond acceptors (Lipinski definition) is 6. The van der Waals surface area contributed by atoms with Crippen LogP contribution >= 0.6 is 0 Å². The predicted octanol–water partition coefficient (Wildman–Crippen LogP) is 1.34. The van der Waals surface area contributed by atoms with Crippen LogP contribution in [-0.2, 0) is 25.1 Å². The fourth-order valence-electron chi connectivity index (χ4n) is 2.85. The molecule has 2 rings (SSSR count). The van der Waals surface area contributed by atoms with E-state index in [4.69, 9.17) is 4.74 Å². The van der Waals surface area contributed by atoms with Crippen LogP contribution in [0.15, 0.2) is 24.3 Å². The molecule has 134 valence electrons. The van der Waals surface area contributed by atoms with Gasteiger partial charge in [-0.3, -0.25) is 4.79 Å². The number of nitrogens with zero attached hydrogens (tertiary/aromatic N) is 1. The lowest BCUT2D eigenvalue weighted by molar-refractivity contribution is -0.125. The normalized spacial score (nSPS) is 16.0. The minimum Gasteiger partial charge on any atom is -0.452 e. The fourth-order valence-corrected chi connectivity index (χ4v) is 3.64. The van der Waals surface area contributed by atoms with E-state index in [0.717, 1.165) is 19.1 Å². The molecule has 1 amide bonds. The van der Waals surface area contributed by atoms with Crippen molar-refractivity contribution in [2.24, 2.45) is 0 Å². The molecule has 0 spiro atoms. The van der Waals surface area contributed by atoms with E-state index >= 15 is 0 Å². The molecule has 0 radical (unpaired) electrons. The smallest absolute Gasteiger partial charge is 0.338 e. The lowest BCUT2D eigenvalue weighted by Gasteiger charge is -2.21. The third-order valence-electron chi connectivity index (χ3n) is 3.98. The van der Waals surface area contributed by atoms with E-state index < -0.39 is 33.9 Å². The summed E-state index contributed by atoms with van der Waals surface area (Å²) in [5, 5.41) is 11.9. The number of carbonyl (C=O) groups is 2. The third kappa shape index (κ3) is 5.57. The molecule has 8 heteroatoms. The number of ether oxygens (including phenoxy) is 1. The first-order valence-corrected chi connectivity index (χ1v) is 9.95. The zero-order chi connectivity index (χ0) is 18.5. The van der Waals surface area contributed by atoms with Crippen molar-refractivity contribution in [1.82, 2.24) is 5.32 Å². The summed E-state index contributed by atoms with van der Waals surface area (Å²) in [5.41, 5.74) is -0.223. The zero-order valence-corrected chi connectivity index (χ0v) is 14.8. The largest absolute Gasteiger partial charge is 0.452 e. The number of esters is 1. The molecule has 1 saturated carbocycles. The van der Waals surface area contributed by atoms with Gasteiger partial charge in [0.1, 0.15) is 5.54 Å². The highest BCUT2D eigenvalue weighted by molar-refractivity contribution is 7.89. The summed E-state index contributed by atoms with van der Waals surface area (Å²) in [6.07, 6.45) is 4.05. The molecular formula is C17H20N2O5S. The van der Waals surface area contributed by atoms with Crippen LogP contribution < -0.4 is 5.32 Å². The van der Waals surface area contributed by atoms with Gasteiger partial charge in [-0.1, -0.05) is 12.1 Å². The van der Waals surface area contributed by atoms with Crippen molar-refractivity contribution >= 4 is 21.7 Å². The average molecular weight is 364 g/mol. The van der Waals surface area contributed by atoms with Gasteiger partial charge in [-0.25, -0.2) is 13.2 Å². The van der Waals surface area contributed by atoms with Gasteiger partial charge in [-0.15, -0.1) is 0 Å². The van der Waals surface area contributed by atoms with Crippen molar-refractivity contribution in [2.45, 2.75) is 37.0 Å². The number of carbonyl (C=O) groups excluding carboxylic acids is 2. The minimum absolute atomic E-state index is 0.171. The highest BCUT2D eigenvalue weighted by Gasteiger charge is 2.35. The first-order valence-electron chi connectivity index (χ1n) is 7.89. The van der Waals surface area contributed by atoms with Crippen LogP contribution in [0.3, 0.4) is 0 Å². The number of hydrogen-bond donors (Lipinski definition) is 1. The van der Waals surface area contributed by atoms with Crippen LogP contribution in [0.4, 0.5) is 0 Å². The first kappa shape index (κ1) is 18.9. The summed E-state index contributed by atoms with van der Waals surface area (Å²) in [7, 11) is -3.22. The standard InChI is InChI=1S/C17H20N2O5S/c1-25(22,23)11-13-5-4-6-14(9-13)16(21)24-10-15(20)19-17(12-18)7-2-3-8-17/h4-6,9H,2-3,7-8,10-11H2,1H3,(H,19,20). The number of amides is 1. The van der Waals surface area contributed by atoms with E-state index in [2.05, 4.69) is 11.4 Å². The predicted molar refractivity (Wildman–Crippen MR) is 90.2 cm³/mol. The molecule has 0 saturated heterocycles. The Labute approximate surface area is 146 Å². The summed E-state index contributed by atoms with van der Waals surface area (Å²) in [6.45, 7) is -0.488. The highest BCUT2D eigenvalue weighted by Crippen LogP contribution is 2.28. The number of nitrogens with one attached hydrogen (secondary N) is 1. The topological polar surface area (TPSA) is 113 Å². The second kappa shape index (κ2) is 7.66. The first-order chi connectivity index (χ1) is 11.7. The summed E-state index contributed by atoms with van der Waals surface area (Å²) in [6, 6.07) is 8.19. The van der Waals surface area contributed by atoms with E-state index in [9.17, 15) is 23.3 Å². The number of rotatable bonds is 6. The molecule has 0 atom stereocenters. The molecule has 0 heterocycles. The van der Waals surface area contributed by atoms with Crippen LogP contribution in [0.1, 0.15) is 41.6 Å². The third-order valence-corrected chi connectivity index (χ3v) is 4.83. The maximum atomic E-state index is 12.0. The molecule has 1 N–H and O–H groups in total. The molecular weight excluding hydrogens is 344 g/mol. The summed E-state index contributed by atoms with van der Waals surface area (Å²) < 4.78 is 27.6. The highest BCUT2D eigenvalue weighted by atomic mass is 32.2. The molecule has 1 fully saturated rings. The number of sulfone groups is 1. The monoisotopic (exact) mass is 364 g/mol. The Balaban J connectivity index is 1.93. The molecule has 1 aliphatic carbocycles. The van der Waals surface area contributed by atoms with E-state index in [1.807, 2.05) is 0 Å². The van der Waals surface area contributed by atoms with Crippen molar-refractivity contribution < 1.29 is 22.7 Å². The van der Waals surface area contributed by atoms with Crippen LogP contribution in [0.2, 0.25) is 0 Å². The van der Waals surface area contributed by atoms with Crippen LogP contribution in [0.25, 0.3) is 0 Å². The molecule has 1 aliphatic rings. The van der Waals surface area contributed by atoms with Gasteiger partial charge >= 0.3 is 5.97 Å². The molecule has 0 unspecified atom stereocenters. The van der Waals surface area contributed by atoms with Gasteiger partial charge in [0.05, 0.1) is 17.4 Å². The van der Waals surface area contributed by atoms with Gasteiger partial charge in [0.25, 0.3) is 5.91 Å². The van der Waals surface area contributed by atoms with Gasteiger partial charge in [0.2, 0.25) is 0 Å². The minimum atomic E-state index is -3.22. The molecule has 7 nitrogen and oxygen atoms in total. The molecule has 0 aromatic heterocycles. The average Bonchev–Trinajstić information content (AvgIpc) is 3.00. The Morgan fingerprint density at radius 2 is 2.00 bits per heavy atom. The Morgan fingerprint density at radius 3 is 2.60 bits per heavy atom. The van der Waals surface area contributed by atoms with Crippen LogP contribution in [0, 0.1) is 11.3 Å². The van der Waals surface area contributed by atoms with Crippen molar-refractivity contribution in [3.05, 3.63) is 35.4 Å². The van der Waals surface area contributed by atoms with Crippen molar-refractivity contribution in [3.8, 4) is 6.07 Å². The summed E-state index contributed by atoms with van der Waals surface area (Å²) in [5.74, 6) is -1.42. The zero-order valence-electron chi connectivity index (χ0n) is 13.9. The Kier molecular flexibility index (Phi) is 5.80. The Hall–Kier alpha value is -2.40. The summed E-state index contributed by atoms with van der Waals surface area (Å²) in [4.78, 5) is 24.0. The molecule has 0 aliphatic heterocycles. The number of benzene rings is 1. The van der Waals surface area contributed by atoms with Gasteiger partial charge < -0.3 is 10.1 Å². The SMILES string of the molecule is CS(=O)(=O)Cc1cccc(C(=O)OCC(=O)NC2(C#N)CCCC2)c1. The molecule has 0 bridgehead atoms. The van der Waals surface area contributed by atoms with Gasteiger partial charge in [0.15, 0.2) is 16.4 Å². The van der Waals surface area contributed by atoms with E-state index in [1.54, 1.807) is 12.1 Å². The lowest BCUT2D eigenvalue weighted by atomic mass is 10.00. The maximum absolute atomic E-state index is 12.0. The van der Waals surface area contributed by atoms with Crippen LogP contribution in [-0.4, -0.2) is 38.7 Å². The molecule has 25 heavy (non-hydrogen) atoms. The molecule has 1 aromatic carbocycles.